The second-order valence-corrected chi connectivity index (χ2v) is 4.88. The lowest BCUT2D eigenvalue weighted by Gasteiger charge is -2.16. The Morgan fingerprint density at radius 3 is 2.44 bits per heavy atom. The zero-order valence-corrected chi connectivity index (χ0v) is 10.8. The fourth-order valence-electron chi connectivity index (χ4n) is 2.15. The summed E-state index contributed by atoms with van der Waals surface area (Å²) in [5.74, 6) is -0.355. The topological polar surface area (TPSA) is 49.8 Å². The molecule has 0 aliphatic heterocycles. The van der Waals surface area contributed by atoms with Gasteiger partial charge in [0.15, 0.2) is 0 Å². The van der Waals surface area contributed by atoms with Crippen LogP contribution in [0.1, 0.15) is 29.6 Å². The molecule has 4 heteroatoms. The maximum absolute atomic E-state index is 11.9. The minimum Gasteiger partial charge on any atom is -0.456 e. The molecule has 1 aliphatic carbocycles. The van der Waals surface area contributed by atoms with Crippen molar-refractivity contribution in [3.8, 4) is 0 Å². The Bertz CT molecular complexity index is 414. The Morgan fingerprint density at radius 1 is 1.28 bits per heavy atom. The molecule has 18 heavy (non-hydrogen) atoms. The number of benzene rings is 1. The largest absolute Gasteiger partial charge is 0.456 e. The normalized spacial score (nSPS) is 22.8. The second-order valence-electron chi connectivity index (χ2n) is 4.88. The number of rotatable bonds is 3. The number of ether oxygens (including phenoxy) is 1. The van der Waals surface area contributed by atoms with Crippen molar-refractivity contribution in [2.24, 2.45) is 0 Å². The number of carbonyl (C=O) groups is 1. The molecule has 0 unspecified atom stereocenters. The molecule has 0 aromatic heterocycles. The van der Waals surface area contributed by atoms with Crippen molar-refractivity contribution >= 4 is 11.7 Å². The highest BCUT2D eigenvalue weighted by molar-refractivity contribution is 5.90. The fraction of sp³-hybridized carbons (Fsp3) is 0.500. The van der Waals surface area contributed by atoms with Crippen LogP contribution in [-0.4, -0.2) is 37.4 Å². The Hall–Kier alpha value is -1.55. The van der Waals surface area contributed by atoms with Gasteiger partial charge in [0, 0.05) is 19.8 Å². The zero-order chi connectivity index (χ0) is 13.1. The van der Waals surface area contributed by atoms with E-state index < -0.39 is 6.10 Å². The van der Waals surface area contributed by atoms with Crippen LogP contribution >= 0.6 is 0 Å². The van der Waals surface area contributed by atoms with Gasteiger partial charge in [0.25, 0.3) is 0 Å². The fourth-order valence-corrected chi connectivity index (χ4v) is 2.15. The summed E-state index contributed by atoms with van der Waals surface area (Å²) in [5.41, 5.74) is 1.56. The van der Waals surface area contributed by atoms with Gasteiger partial charge in [-0.05, 0) is 43.5 Å². The molecule has 0 amide bonds. The van der Waals surface area contributed by atoms with Gasteiger partial charge in [-0.25, -0.2) is 4.79 Å². The smallest absolute Gasteiger partial charge is 0.338 e. The molecular formula is C14H19NO3. The minimum absolute atomic E-state index is 0.342. The molecule has 0 radical (unpaired) electrons. The van der Waals surface area contributed by atoms with Crippen molar-refractivity contribution < 1.29 is 14.6 Å². The molecule has 4 nitrogen and oxygen atoms in total. The summed E-state index contributed by atoms with van der Waals surface area (Å²) in [5, 5.41) is 9.62. The average Bonchev–Trinajstić information content (AvgIpc) is 2.75. The number of carbonyl (C=O) groups excluding carboxylic acids is 1. The van der Waals surface area contributed by atoms with Crippen molar-refractivity contribution in [2.75, 3.05) is 19.0 Å². The molecule has 1 aromatic carbocycles. The predicted molar refractivity (Wildman–Crippen MR) is 69.8 cm³/mol. The Kier molecular flexibility index (Phi) is 3.87. The number of aliphatic hydroxyl groups excluding tert-OH is 1. The van der Waals surface area contributed by atoms with Gasteiger partial charge in [-0.3, -0.25) is 0 Å². The van der Waals surface area contributed by atoms with E-state index in [9.17, 15) is 9.90 Å². The highest BCUT2D eigenvalue weighted by Crippen LogP contribution is 2.23. The molecule has 1 N–H and O–H groups in total. The van der Waals surface area contributed by atoms with Crippen LogP contribution in [0.25, 0.3) is 0 Å². The molecule has 98 valence electrons. The van der Waals surface area contributed by atoms with Gasteiger partial charge in [-0.1, -0.05) is 0 Å². The first-order valence-electron chi connectivity index (χ1n) is 6.24. The van der Waals surface area contributed by atoms with E-state index in [1.165, 1.54) is 0 Å². The molecule has 0 heterocycles. The number of esters is 1. The molecule has 0 saturated heterocycles. The van der Waals surface area contributed by atoms with E-state index in [1.54, 1.807) is 12.1 Å². The van der Waals surface area contributed by atoms with Crippen LogP contribution < -0.4 is 4.90 Å². The van der Waals surface area contributed by atoms with Crippen LogP contribution in [0, 0.1) is 0 Å². The van der Waals surface area contributed by atoms with Crippen LogP contribution in [0.15, 0.2) is 24.3 Å². The highest BCUT2D eigenvalue weighted by atomic mass is 16.6. The van der Waals surface area contributed by atoms with E-state index in [2.05, 4.69) is 0 Å². The Balaban J connectivity index is 2.00. The molecule has 1 fully saturated rings. The third-order valence-corrected chi connectivity index (χ3v) is 3.30. The lowest BCUT2D eigenvalue weighted by atomic mass is 10.2. The van der Waals surface area contributed by atoms with Gasteiger partial charge in [0.05, 0.1) is 11.7 Å². The minimum atomic E-state index is -0.505. The van der Waals surface area contributed by atoms with Crippen molar-refractivity contribution in [1.29, 1.82) is 0 Å². The van der Waals surface area contributed by atoms with E-state index in [0.717, 1.165) is 24.9 Å². The molecule has 0 bridgehead atoms. The number of aliphatic hydroxyl groups is 1. The molecule has 2 rings (SSSR count). The van der Waals surface area contributed by atoms with E-state index in [-0.39, 0.29) is 12.1 Å². The third-order valence-electron chi connectivity index (χ3n) is 3.30. The molecule has 1 saturated carbocycles. The summed E-state index contributed by atoms with van der Waals surface area (Å²) in [7, 11) is 3.89. The molecule has 2 atom stereocenters. The van der Waals surface area contributed by atoms with Crippen LogP contribution in [0.5, 0.6) is 0 Å². The van der Waals surface area contributed by atoms with Gasteiger partial charge in [-0.15, -0.1) is 0 Å². The second kappa shape index (κ2) is 5.40. The van der Waals surface area contributed by atoms with Crippen LogP contribution in [0.2, 0.25) is 0 Å². The van der Waals surface area contributed by atoms with Crippen molar-refractivity contribution in [3.63, 3.8) is 0 Å². The summed E-state index contributed by atoms with van der Waals surface area (Å²) in [4.78, 5) is 13.8. The van der Waals surface area contributed by atoms with Crippen LogP contribution in [-0.2, 0) is 4.74 Å². The van der Waals surface area contributed by atoms with Crippen molar-refractivity contribution in [1.82, 2.24) is 0 Å². The van der Waals surface area contributed by atoms with E-state index in [0.29, 0.717) is 5.56 Å². The molecule has 1 aromatic rings. The predicted octanol–water partition coefficient (Wildman–Crippen LogP) is 1.82. The summed E-state index contributed by atoms with van der Waals surface area (Å²) in [6, 6.07) is 7.25. The first kappa shape index (κ1) is 12.9. The third kappa shape index (κ3) is 2.82. The summed E-state index contributed by atoms with van der Waals surface area (Å²) in [6.07, 6.45) is 1.54. The lowest BCUT2D eigenvalue weighted by Crippen LogP contribution is -2.25. The van der Waals surface area contributed by atoms with Gasteiger partial charge in [0.1, 0.15) is 6.10 Å². The van der Waals surface area contributed by atoms with Gasteiger partial charge < -0.3 is 14.7 Å². The SMILES string of the molecule is CN(C)c1ccc(C(=O)O[C@@H]2CCC[C@@H]2O)cc1. The highest BCUT2D eigenvalue weighted by Gasteiger charge is 2.28. The van der Waals surface area contributed by atoms with E-state index in [1.807, 2.05) is 31.1 Å². The first-order valence-corrected chi connectivity index (χ1v) is 6.24. The summed E-state index contributed by atoms with van der Waals surface area (Å²) >= 11 is 0. The maximum Gasteiger partial charge on any atom is 0.338 e. The van der Waals surface area contributed by atoms with Crippen molar-refractivity contribution in [3.05, 3.63) is 29.8 Å². The van der Waals surface area contributed by atoms with E-state index >= 15 is 0 Å². The zero-order valence-electron chi connectivity index (χ0n) is 10.8. The quantitative estimate of drug-likeness (QED) is 0.830. The number of hydrogen-bond donors (Lipinski definition) is 1. The van der Waals surface area contributed by atoms with Crippen LogP contribution in [0.3, 0.4) is 0 Å². The molecule has 0 spiro atoms. The Morgan fingerprint density at radius 2 is 1.94 bits per heavy atom. The van der Waals surface area contributed by atoms with Crippen LogP contribution in [0.4, 0.5) is 5.69 Å². The lowest BCUT2D eigenvalue weighted by molar-refractivity contribution is -0.00484. The maximum atomic E-state index is 11.9. The van der Waals surface area contributed by atoms with Gasteiger partial charge in [-0.2, -0.15) is 0 Å². The Labute approximate surface area is 107 Å². The first-order chi connectivity index (χ1) is 8.58. The van der Waals surface area contributed by atoms with Crippen molar-refractivity contribution in [2.45, 2.75) is 31.5 Å². The monoisotopic (exact) mass is 249 g/mol. The van der Waals surface area contributed by atoms with E-state index in [4.69, 9.17) is 4.74 Å². The number of nitrogens with zero attached hydrogens (tertiary/aromatic N) is 1. The standard InChI is InChI=1S/C14H19NO3/c1-15(2)11-8-6-10(7-9-11)14(17)18-13-5-3-4-12(13)16/h6-9,12-13,16H,3-5H2,1-2H3/t12-,13+/m0/s1. The number of anilines is 1. The number of hydrogen-bond acceptors (Lipinski definition) is 4. The molecular weight excluding hydrogens is 230 g/mol. The summed E-state index contributed by atoms with van der Waals surface area (Å²) < 4.78 is 5.31. The van der Waals surface area contributed by atoms with Gasteiger partial charge >= 0.3 is 5.97 Å². The molecule has 1 aliphatic rings. The average molecular weight is 249 g/mol. The summed E-state index contributed by atoms with van der Waals surface area (Å²) in [6.45, 7) is 0. The van der Waals surface area contributed by atoms with Gasteiger partial charge in [0.2, 0.25) is 0 Å².